The first-order valence-electron chi connectivity index (χ1n) is 11.1. The molecule has 2 aromatic carbocycles. The molecule has 1 fully saturated rings. The predicted molar refractivity (Wildman–Crippen MR) is 137 cm³/mol. The SMILES string of the molecule is Cc1cccnc1N1C(=O)CS/C1=N\N=C\c1ccc(-c2ncn(-c3ccc(OC(F)(F)F)cc3)n2)cc1. The highest BCUT2D eigenvalue weighted by atomic mass is 32.2. The highest BCUT2D eigenvalue weighted by molar-refractivity contribution is 8.15. The Morgan fingerprint density at radius 2 is 1.82 bits per heavy atom. The molecule has 13 heteroatoms. The summed E-state index contributed by atoms with van der Waals surface area (Å²) in [5, 5.41) is 13.2. The lowest BCUT2D eigenvalue weighted by atomic mass is 10.1. The fourth-order valence-electron chi connectivity index (χ4n) is 3.54. The molecule has 192 valence electrons. The van der Waals surface area contributed by atoms with Gasteiger partial charge in [0.05, 0.1) is 17.7 Å². The van der Waals surface area contributed by atoms with Crippen molar-refractivity contribution in [2.75, 3.05) is 10.7 Å². The molecule has 38 heavy (non-hydrogen) atoms. The molecular formula is C25H18F3N7O2S. The lowest BCUT2D eigenvalue weighted by molar-refractivity contribution is -0.274. The van der Waals surface area contributed by atoms with E-state index in [0.717, 1.165) is 16.7 Å². The van der Waals surface area contributed by atoms with E-state index >= 15 is 0 Å². The van der Waals surface area contributed by atoms with Crippen molar-refractivity contribution in [3.63, 3.8) is 0 Å². The molecule has 0 N–H and O–H groups in total. The number of alkyl halides is 3. The van der Waals surface area contributed by atoms with Crippen molar-refractivity contribution in [2.45, 2.75) is 13.3 Å². The molecule has 2 aromatic heterocycles. The van der Waals surface area contributed by atoms with Crippen LogP contribution in [0.15, 0.2) is 83.4 Å². The van der Waals surface area contributed by atoms with Crippen LogP contribution in [0.2, 0.25) is 0 Å². The first kappa shape index (κ1) is 25.1. The Balaban J connectivity index is 1.26. The molecule has 0 saturated carbocycles. The topological polar surface area (TPSA) is 97.9 Å². The van der Waals surface area contributed by atoms with Crippen LogP contribution in [0.4, 0.5) is 19.0 Å². The minimum absolute atomic E-state index is 0.104. The first-order chi connectivity index (χ1) is 18.3. The van der Waals surface area contributed by atoms with E-state index in [9.17, 15) is 18.0 Å². The third-order valence-electron chi connectivity index (χ3n) is 5.30. The number of thioether (sulfide) groups is 1. The third kappa shape index (κ3) is 5.72. The molecule has 4 aromatic rings. The Morgan fingerprint density at radius 1 is 1.05 bits per heavy atom. The predicted octanol–water partition coefficient (Wildman–Crippen LogP) is 5.01. The third-order valence-corrected chi connectivity index (χ3v) is 6.22. The number of hydrogen-bond acceptors (Lipinski definition) is 8. The molecule has 5 rings (SSSR count). The standard InChI is InChI=1S/C25H18F3N7O2S/c1-16-3-2-12-29-23(16)35-21(36)14-38-24(35)32-31-13-17-4-6-18(7-5-17)22-30-15-34(33-22)19-8-10-20(11-9-19)37-25(26,27)28/h2-13,15H,14H2,1H3/b31-13+,32-24-. The van der Waals surface area contributed by atoms with Crippen molar-refractivity contribution in [2.24, 2.45) is 10.2 Å². The van der Waals surface area contributed by atoms with Crippen molar-refractivity contribution in [1.82, 2.24) is 19.7 Å². The molecule has 3 heterocycles. The number of amides is 1. The number of nitrogens with zero attached hydrogens (tertiary/aromatic N) is 7. The van der Waals surface area contributed by atoms with Crippen LogP contribution in [0.25, 0.3) is 17.1 Å². The monoisotopic (exact) mass is 537 g/mol. The van der Waals surface area contributed by atoms with Gasteiger partial charge in [-0.05, 0) is 48.4 Å². The van der Waals surface area contributed by atoms with Gasteiger partial charge in [0.25, 0.3) is 0 Å². The zero-order chi connectivity index (χ0) is 26.7. The van der Waals surface area contributed by atoms with Gasteiger partial charge >= 0.3 is 6.36 Å². The number of pyridine rings is 1. The summed E-state index contributed by atoms with van der Waals surface area (Å²) in [6.45, 7) is 1.88. The highest BCUT2D eigenvalue weighted by Gasteiger charge is 2.32. The summed E-state index contributed by atoms with van der Waals surface area (Å²) >= 11 is 1.30. The second kappa shape index (κ2) is 10.5. The van der Waals surface area contributed by atoms with Crippen molar-refractivity contribution in [3.05, 3.63) is 84.3 Å². The average Bonchev–Trinajstić information content (AvgIpc) is 3.52. The van der Waals surface area contributed by atoms with E-state index in [2.05, 4.69) is 30.0 Å². The van der Waals surface area contributed by atoms with Crippen LogP contribution in [-0.2, 0) is 4.79 Å². The Hall–Kier alpha value is -4.52. The number of hydrogen-bond donors (Lipinski definition) is 0. The van der Waals surface area contributed by atoms with Gasteiger partial charge in [-0.15, -0.1) is 23.4 Å². The summed E-state index contributed by atoms with van der Waals surface area (Å²) in [4.78, 5) is 22.4. The molecule has 0 atom stereocenters. The van der Waals surface area contributed by atoms with E-state index in [1.165, 1.54) is 51.9 Å². The molecule has 0 bridgehead atoms. The van der Waals surface area contributed by atoms with Crippen LogP contribution >= 0.6 is 11.8 Å². The number of benzene rings is 2. The molecule has 1 saturated heterocycles. The number of halogens is 3. The summed E-state index contributed by atoms with van der Waals surface area (Å²) in [7, 11) is 0. The van der Waals surface area contributed by atoms with Gasteiger partial charge in [0.2, 0.25) is 5.91 Å². The van der Waals surface area contributed by atoms with Gasteiger partial charge in [0.15, 0.2) is 11.0 Å². The van der Waals surface area contributed by atoms with Crippen molar-refractivity contribution < 1.29 is 22.7 Å². The zero-order valence-electron chi connectivity index (χ0n) is 19.7. The molecular weight excluding hydrogens is 519 g/mol. The van der Waals surface area contributed by atoms with E-state index in [0.29, 0.717) is 22.5 Å². The van der Waals surface area contributed by atoms with E-state index in [-0.39, 0.29) is 17.4 Å². The largest absolute Gasteiger partial charge is 0.573 e. The van der Waals surface area contributed by atoms with E-state index < -0.39 is 6.36 Å². The fourth-order valence-corrected chi connectivity index (χ4v) is 4.34. The van der Waals surface area contributed by atoms with Gasteiger partial charge in [-0.2, -0.15) is 5.10 Å². The number of anilines is 1. The minimum Gasteiger partial charge on any atom is -0.406 e. The summed E-state index contributed by atoms with van der Waals surface area (Å²) in [6, 6.07) is 16.3. The molecule has 1 amide bonds. The van der Waals surface area contributed by atoms with Crippen LogP contribution in [0.5, 0.6) is 5.75 Å². The molecule has 1 aliphatic heterocycles. The number of aryl methyl sites for hydroxylation is 1. The molecule has 0 radical (unpaired) electrons. The number of carbonyl (C=O) groups excluding carboxylic acids is 1. The van der Waals surface area contributed by atoms with Gasteiger partial charge in [-0.25, -0.2) is 19.5 Å². The van der Waals surface area contributed by atoms with Gasteiger partial charge in [-0.1, -0.05) is 42.1 Å². The van der Waals surface area contributed by atoms with Gasteiger partial charge in [-0.3, -0.25) is 4.79 Å². The smallest absolute Gasteiger partial charge is 0.406 e. The number of carbonyl (C=O) groups is 1. The normalized spacial score (nSPS) is 15.1. The highest BCUT2D eigenvalue weighted by Crippen LogP contribution is 2.27. The maximum Gasteiger partial charge on any atom is 0.573 e. The van der Waals surface area contributed by atoms with Crippen LogP contribution in [0, 0.1) is 6.92 Å². The summed E-state index contributed by atoms with van der Waals surface area (Å²) in [6.07, 6.45) is -0.0855. The summed E-state index contributed by atoms with van der Waals surface area (Å²) in [5.74, 6) is 0.823. The molecule has 9 nitrogen and oxygen atoms in total. The van der Waals surface area contributed by atoms with Crippen molar-refractivity contribution >= 4 is 34.9 Å². The molecule has 1 aliphatic rings. The number of aromatic nitrogens is 4. The second-order valence-corrected chi connectivity index (χ2v) is 8.91. The quantitative estimate of drug-likeness (QED) is 0.254. The first-order valence-corrected chi connectivity index (χ1v) is 12.1. The van der Waals surface area contributed by atoms with Crippen LogP contribution in [0.3, 0.4) is 0 Å². The van der Waals surface area contributed by atoms with Gasteiger partial charge in [0, 0.05) is 11.8 Å². The second-order valence-electron chi connectivity index (χ2n) is 7.97. The number of rotatable bonds is 6. The van der Waals surface area contributed by atoms with E-state index in [4.69, 9.17) is 0 Å². The van der Waals surface area contributed by atoms with Crippen LogP contribution in [-0.4, -0.2) is 49.2 Å². The van der Waals surface area contributed by atoms with E-state index in [1.807, 2.05) is 37.3 Å². The Bertz CT molecular complexity index is 1520. The number of amidine groups is 1. The van der Waals surface area contributed by atoms with E-state index in [1.54, 1.807) is 18.5 Å². The fraction of sp³-hybridized carbons (Fsp3) is 0.120. The average molecular weight is 538 g/mol. The Labute approximate surface area is 218 Å². The maximum atomic E-state index is 12.4. The van der Waals surface area contributed by atoms with Crippen LogP contribution in [0.1, 0.15) is 11.1 Å². The lowest BCUT2D eigenvalue weighted by Crippen LogP contribution is -2.30. The molecule has 0 spiro atoms. The van der Waals surface area contributed by atoms with Crippen molar-refractivity contribution in [3.8, 4) is 22.8 Å². The minimum atomic E-state index is -4.75. The summed E-state index contributed by atoms with van der Waals surface area (Å²) < 4.78 is 42.4. The van der Waals surface area contributed by atoms with Gasteiger partial charge < -0.3 is 4.74 Å². The zero-order valence-corrected chi connectivity index (χ0v) is 20.5. The van der Waals surface area contributed by atoms with Crippen molar-refractivity contribution in [1.29, 1.82) is 0 Å². The van der Waals surface area contributed by atoms with Crippen LogP contribution < -0.4 is 9.64 Å². The van der Waals surface area contributed by atoms with Gasteiger partial charge in [0.1, 0.15) is 17.9 Å². The Kier molecular flexibility index (Phi) is 6.92. The number of ether oxygens (including phenoxy) is 1. The Morgan fingerprint density at radius 3 is 2.53 bits per heavy atom. The molecule has 0 unspecified atom stereocenters. The maximum absolute atomic E-state index is 12.4. The molecule has 0 aliphatic carbocycles. The lowest BCUT2D eigenvalue weighted by Gasteiger charge is -2.15. The summed E-state index contributed by atoms with van der Waals surface area (Å²) in [5.41, 5.74) is 2.89.